The first-order valence-corrected chi connectivity index (χ1v) is 7.41. The highest BCUT2D eigenvalue weighted by Crippen LogP contribution is 2.12. The van der Waals surface area contributed by atoms with Crippen LogP contribution in [0.4, 0.5) is 0 Å². The number of allylic oxidation sites excluding steroid dienone is 2. The van der Waals surface area contributed by atoms with Crippen molar-refractivity contribution < 1.29 is 9.84 Å². The molecule has 1 N–H and O–H groups in total. The van der Waals surface area contributed by atoms with Gasteiger partial charge >= 0.3 is 0 Å². The molecular formula is C20H24O2. The van der Waals surface area contributed by atoms with Gasteiger partial charge in [0.2, 0.25) is 0 Å². The van der Waals surface area contributed by atoms with E-state index < -0.39 is 0 Å². The second-order valence-electron chi connectivity index (χ2n) is 4.73. The van der Waals surface area contributed by atoms with Gasteiger partial charge in [-0.2, -0.15) is 0 Å². The fraction of sp³-hybridized carbons (Fsp3) is 0.200. The second-order valence-corrected chi connectivity index (χ2v) is 4.73. The maximum absolute atomic E-state index is 8.90. The zero-order chi connectivity index (χ0) is 16.2. The molecule has 2 heteroatoms. The molecule has 0 spiro atoms. The van der Waals surface area contributed by atoms with Crippen molar-refractivity contribution in [2.24, 2.45) is 0 Å². The molecule has 0 amide bonds. The van der Waals surface area contributed by atoms with Crippen LogP contribution >= 0.6 is 0 Å². The lowest BCUT2D eigenvalue weighted by atomic mass is 10.1. The SMILES string of the molecule is C=CCc1ccc(O)cc1.C=CCc1ccc(OCC)cc1. The Balaban J connectivity index is 0.000000224. The Hall–Kier alpha value is -2.48. The van der Waals surface area contributed by atoms with Crippen LogP contribution in [0.5, 0.6) is 11.5 Å². The van der Waals surface area contributed by atoms with E-state index in [2.05, 4.69) is 25.3 Å². The minimum atomic E-state index is 0.313. The van der Waals surface area contributed by atoms with Crippen molar-refractivity contribution >= 4 is 0 Å². The van der Waals surface area contributed by atoms with Crippen LogP contribution in [-0.2, 0) is 12.8 Å². The molecule has 0 bridgehead atoms. The van der Waals surface area contributed by atoms with Crippen molar-refractivity contribution in [2.45, 2.75) is 19.8 Å². The standard InChI is InChI=1S/C11H14O.C9H10O/c1-3-5-10-6-8-11(9-7-10)12-4-2;1-2-3-8-4-6-9(10)7-5-8/h3,6-9H,1,4-5H2,2H3;2,4-7,10H,1,3H2. The highest BCUT2D eigenvalue weighted by molar-refractivity contribution is 5.28. The fourth-order valence-corrected chi connectivity index (χ4v) is 1.85. The van der Waals surface area contributed by atoms with E-state index in [4.69, 9.17) is 9.84 Å². The molecule has 0 fully saturated rings. The van der Waals surface area contributed by atoms with Gasteiger partial charge in [-0.25, -0.2) is 0 Å². The molecule has 2 aromatic carbocycles. The minimum Gasteiger partial charge on any atom is -0.508 e. The third-order valence-corrected chi connectivity index (χ3v) is 2.93. The Morgan fingerprint density at radius 1 is 0.864 bits per heavy atom. The number of phenols is 1. The number of aromatic hydroxyl groups is 1. The van der Waals surface area contributed by atoms with Gasteiger partial charge in [0, 0.05) is 0 Å². The molecule has 0 aliphatic carbocycles. The summed E-state index contributed by atoms with van der Waals surface area (Å²) in [5.41, 5.74) is 2.45. The van der Waals surface area contributed by atoms with Gasteiger partial charge in [0.1, 0.15) is 11.5 Å². The zero-order valence-electron chi connectivity index (χ0n) is 13.2. The van der Waals surface area contributed by atoms with E-state index in [0.717, 1.165) is 25.2 Å². The van der Waals surface area contributed by atoms with E-state index in [1.165, 1.54) is 11.1 Å². The third kappa shape index (κ3) is 6.80. The molecule has 0 aromatic heterocycles. The van der Waals surface area contributed by atoms with Crippen molar-refractivity contribution in [1.82, 2.24) is 0 Å². The summed E-state index contributed by atoms with van der Waals surface area (Å²) in [4.78, 5) is 0. The highest BCUT2D eigenvalue weighted by Gasteiger charge is 1.91. The predicted molar refractivity (Wildman–Crippen MR) is 93.5 cm³/mol. The summed E-state index contributed by atoms with van der Waals surface area (Å²) in [6.07, 6.45) is 5.52. The van der Waals surface area contributed by atoms with Crippen LogP contribution in [0.15, 0.2) is 73.8 Å². The van der Waals surface area contributed by atoms with Gasteiger partial charge in [-0.05, 0) is 55.2 Å². The molecule has 2 nitrogen and oxygen atoms in total. The van der Waals surface area contributed by atoms with Gasteiger partial charge in [0.25, 0.3) is 0 Å². The molecule has 0 unspecified atom stereocenters. The van der Waals surface area contributed by atoms with E-state index in [1.807, 2.05) is 43.3 Å². The summed E-state index contributed by atoms with van der Waals surface area (Å²) in [7, 11) is 0. The lowest BCUT2D eigenvalue weighted by Gasteiger charge is -2.02. The Morgan fingerprint density at radius 2 is 1.32 bits per heavy atom. The van der Waals surface area contributed by atoms with Gasteiger partial charge in [0.15, 0.2) is 0 Å². The molecule has 0 aliphatic rings. The second kappa shape index (κ2) is 10.3. The number of phenolic OH excluding ortho intramolecular Hbond substituents is 1. The summed E-state index contributed by atoms with van der Waals surface area (Å²) < 4.78 is 5.31. The smallest absolute Gasteiger partial charge is 0.119 e. The summed E-state index contributed by atoms with van der Waals surface area (Å²) >= 11 is 0. The average Bonchev–Trinajstić information content (AvgIpc) is 2.53. The summed E-state index contributed by atoms with van der Waals surface area (Å²) in [5, 5.41) is 8.90. The topological polar surface area (TPSA) is 29.5 Å². The highest BCUT2D eigenvalue weighted by atomic mass is 16.5. The van der Waals surface area contributed by atoms with Gasteiger partial charge in [-0.3, -0.25) is 0 Å². The Morgan fingerprint density at radius 3 is 1.73 bits per heavy atom. The molecule has 0 saturated carbocycles. The van der Waals surface area contributed by atoms with Crippen LogP contribution in [0.1, 0.15) is 18.1 Å². The molecule has 22 heavy (non-hydrogen) atoms. The maximum atomic E-state index is 8.90. The number of ether oxygens (including phenoxy) is 1. The van der Waals surface area contributed by atoms with Crippen LogP contribution in [-0.4, -0.2) is 11.7 Å². The molecule has 0 atom stereocenters. The van der Waals surface area contributed by atoms with Crippen LogP contribution in [0.2, 0.25) is 0 Å². The lowest BCUT2D eigenvalue weighted by molar-refractivity contribution is 0.340. The first kappa shape index (κ1) is 17.6. The normalized spacial score (nSPS) is 9.32. The van der Waals surface area contributed by atoms with Crippen molar-refractivity contribution in [3.8, 4) is 11.5 Å². The van der Waals surface area contributed by atoms with E-state index in [1.54, 1.807) is 12.1 Å². The van der Waals surface area contributed by atoms with E-state index in [9.17, 15) is 0 Å². The van der Waals surface area contributed by atoms with Crippen LogP contribution < -0.4 is 4.74 Å². The largest absolute Gasteiger partial charge is 0.508 e. The quantitative estimate of drug-likeness (QED) is 0.765. The molecule has 0 aliphatic heterocycles. The molecule has 0 radical (unpaired) electrons. The number of hydrogen-bond donors (Lipinski definition) is 1. The van der Waals surface area contributed by atoms with Gasteiger partial charge in [-0.15, -0.1) is 13.2 Å². The van der Waals surface area contributed by atoms with Gasteiger partial charge < -0.3 is 9.84 Å². The lowest BCUT2D eigenvalue weighted by Crippen LogP contribution is -1.91. The molecule has 2 rings (SSSR count). The third-order valence-electron chi connectivity index (χ3n) is 2.93. The molecule has 2 aromatic rings. The fourth-order valence-electron chi connectivity index (χ4n) is 1.85. The summed E-state index contributed by atoms with van der Waals surface area (Å²) in [6.45, 7) is 10.0. The molecule has 0 saturated heterocycles. The molecular weight excluding hydrogens is 272 g/mol. The Labute approximate surface area is 133 Å². The van der Waals surface area contributed by atoms with Crippen LogP contribution in [0, 0.1) is 0 Å². The van der Waals surface area contributed by atoms with Crippen molar-refractivity contribution in [1.29, 1.82) is 0 Å². The Bertz CT molecular complexity index is 553. The van der Waals surface area contributed by atoms with Gasteiger partial charge in [0.05, 0.1) is 6.61 Å². The van der Waals surface area contributed by atoms with Crippen LogP contribution in [0.3, 0.4) is 0 Å². The predicted octanol–water partition coefficient (Wildman–Crippen LogP) is 4.93. The van der Waals surface area contributed by atoms with E-state index in [-0.39, 0.29) is 0 Å². The molecule has 116 valence electrons. The summed E-state index contributed by atoms with van der Waals surface area (Å²) in [6, 6.07) is 15.2. The first-order valence-electron chi connectivity index (χ1n) is 7.41. The Kier molecular flexibility index (Phi) is 8.21. The monoisotopic (exact) mass is 296 g/mol. The minimum absolute atomic E-state index is 0.313. The van der Waals surface area contributed by atoms with Crippen molar-refractivity contribution in [3.05, 3.63) is 85.0 Å². The number of benzene rings is 2. The zero-order valence-corrected chi connectivity index (χ0v) is 13.2. The van der Waals surface area contributed by atoms with E-state index in [0.29, 0.717) is 5.75 Å². The summed E-state index contributed by atoms with van der Waals surface area (Å²) in [5.74, 6) is 1.25. The van der Waals surface area contributed by atoms with E-state index >= 15 is 0 Å². The molecule has 0 heterocycles. The first-order chi connectivity index (χ1) is 10.7. The average molecular weight is 296 g/mol. The van der Waals surface area contributed by atoms with Crippen molar-refractivity contribution in [3.63, 3.8) is 0 Å². The van der Waals surface area contributed by atoms with Crippen molar-refractivity contribution in [2.75, 3.05) is 6.61 Å². The number of rotatable bonds is 6. The number of hydrogen-bond acceptors (Lipinski definition) is 2. The maximum Gasteiger partial charge on any atom is 0.119 e. The van der Waals surface area contributed by atoms with Crippen LogP contribution in [0.25, 0.3) is 0 Å². The van der Waals surface area contributed by atoms with Gasteiger partial charge in [-0.1, -0.05) is 36.4 Å².